The van der Waals surface area contributed by atoms with E-state index in [4.69, 9.17) is 4.74 Å². The van der Waals surface area contributed by atoms with Crippen LogP contribution >= 0.6 is 0 Å². The summed E-state index contributed by atoms with van der Waals surface area (Å²) in [6.07, 6.45) is 1.66. The van der Waals surface area contributed by atoms with Gasteiger partial charge in [-0.05, 0) is 6.42 Å². The lowest BCUT2D eigenvalue weighted by Gasteiger charge is -2.00. The molecular weight excluding hydrogens is 220 g/mol. The molecule has 0 aliphatic carbocycles. The number of nitrogens with zero attached hydrogens (tertiary/aromatic N) is 3. The molecule has 0 unspecified atom stereocenters. The fourth-order valence-corrected chi connectivity index (χ4v) is 1.77. The third-order valence-electron chi connectivity index (χ3n) is 2.63. The Kier molecular flexibility index (Phi) is 3.12. The standard InChI is InChI=1S/C11H16N4O2/c1-4-8-9(6-17-7(3)16)13-15-11(8)12-10(5-2)14-15/h4-6H2,1-3H3,(H,12,14). The average Bonchev–Trinajstić information content (AvgIpc) is 2.81. The van der Waals surface area contributed by atoms with Crippen LogP contribution in [0.15, 0.2) is 0 Å². The molecule has 1 N–H and O–H groups in total. The number of aromatic nitrogens is 4. The average molecular weight is 236 g/mol. The van der Waals surface area contributed by atoms with E-state index in [1.807, 2.05) is 13.8 Å². The number of esters is 1. The second-order valence-corrected chi connectivity index (χ2v) is 3.82. The Balaban J connectivity index is 2.36. The minimum absolute atomic E-state index is 0.206. The van der Waals surface area contributed by atoms with Crippen molar-refractivity contribution in [1.29, 1.82) is 0 Å². The molecule has 0 aliphatic rings. The Morgan fingerprint density at radius 2 is 2.12 bits per heavy atom. The Labute approximate surface area is 99.0 Å². The first-order chi connectivity index (χ1) is 8.15. The third-order valence-corrected chi connectivity index (χ3v) is 2.63. The van der Waals surface area contributed by atoms with Gasteiger partial charge in [0.15, 0.2) is 5.65 Å². The summed E-state index contributed by atoms with van der Waals surface area (Å²) in [6, 6.07) is 0. The number of H-pyrrole nitrogens is 1. The Bertz CT molecular complexity index is 541. The van der Waals surface area contributed by atoms with E-state index in [9.17, 15) is 4.79 Å². The Morgan fingerprint density at radius 1 is 1.35 bits per heavy atom. The number of carbonyl (C=O) groups excluding carboxylic acids is 1. The second kappa shape index (κ2) is 4.57. The lowest BCUT2D eigenvalue weighted by atomic mass is 10.2. The largest absolute Gasteiger partial charge is 0.459 e. The molecule has 0 saturated carbocycles. The van der Waals surface area contributed by atoms with Crippen molar-refractivity contribution in [3.05, 3.63) is 17.1 Å². The first-order valence-electron chi connectivity index (χ1n) is 5.74. The molecule has 0 aromatic carbocycles. The first kappa shape index (κ1) is 11.6. The number of hydrogen-bond acceptors (Lipinski definition) is 4. The molecule has 0 atom stereocenters. The molecule has 2 heterocycles. The summed E-state index contributed by atoms with van der Waals surface area (Å²) in [5.74, 6) is 0.604. The highest BCUT2D eigenvalue weighted by atomic mass is 16.5. The number of hydrogen-bond donors (Lipinski definition) is 1. The monoisotopic (exact) mass is 236 g/mol. The number of rotatable bonds is 4. The van der Waals surface area contributed by atoms with Gasteiger partial charge in [-0.25, -0.2) is 0 Å². The number of carbonyl (C=O) groups is 1. The van der Waals surface area contributed by atoms with E-state index < -0.39 is 0 Å². The molecule has 17 heavy (non-hydrogen) atoms. The zero-order valence-corrected chi connectivity index (χ0v) is 10.3. The Morgan fingerprint density at radius 3 is 2.71 bits per heavy atom. The van der Waals surface area contributed by atoms with Crippen molar-refractivity contribution in [2.24, 2.45) is 0 Å². The summed E-state index contributed by atoms with van der Waals surface area (Å²) >= 11 is 0. The van der Waals surface area contributed by atoms with E-state index in [2.05, 4.69) is 15.2 Å². The maximum atomic E-state index is 10.8. The molecule has 0 radical (unpaired) electrons. The fraction of sp³-hybridized carbons (Fsp3) is 0.545. The minimum Gasteiger partial charge on any atom is -0.459 e. The highest BCUT2D eigenvalue weighted by Crippen LogP contribution is 2.16. The number of nitrogens with one attached hydrogen (secondary N) is 1. The number of aryl methyl sites for hydroxylation is 2. The van der Waals surface area contributed by atoms with Crippen molar-refractivity contribution in [2.45, 2.75) is 40.2 Å². The van der Waals surface area contributed by atoms with E-state index in [0.29, 0.717) is 0 Å². The van der Waals surface area contributed by atoms with Crippen molar-refractivity contribution in [2.75, 3.05) is 0 Å². The number of fused-ring (bicyclic) bond motifs is 1. The van der Waals surface area contributed by atoms with Gasteiger partial charge in [-0.3, -0.25) is 4.79 Å². The summed E-state index contributed by atoms with van der Waals surface area (Å²) in [5.41, 5.74) is 2.72. The normalized spacial score (nSPS) is 11.0. The summed E-state index contributed by atoms with van der Waals surface area (Å²) < 4.78 is 6.55. The van der Waals surface area contributed by atoms with Gasteiger partial charge in [-0.1, -0.05) is 13.8 Å². The van der Waals surface area contributed by atoms with E-state index in [-0.39, 0.29) is 12.6 Å². The Hall–Kier alpha value is -1.85. The van der Waals surface area contributed by atoms with Gasteiger partial charge in [0.2, 0.25) is 0 Å². The van der Waals surface area contributed by atoms with Crippen LogP contribution < -0.4 is 0 Å². The molecule has 0 bridgehead atoms. The molecule has 0 amide bonds. The van der Waals surface area contributed by atoms with Crippen LogP contribution in [0.5, 0.6) is 0 Å². The molecule has 0 saturated heterocycles. The predicted molar refractivity (Wildman–Crippen MR) is 61.6 cm³/mol. The quantitative estimate of drug-likeness (QED) is 0.811. The molecule has 2 aromatic rings. The van der Waals surface area contributed by atoms with E-state index >= 15 is 0 Å². The first-order valence-corrected chi connectivity index (χ1v) is 5.74. The van der Waals surface area contributed by atoms with Crippen LogP contribution in [0.1, 0.15) is 37.9 Å². The molecule has 2 aromatic heterocycles. The van der Waals surface area contributed by atoms with Gasteiger partial charge in [-0.15, -0.1) is 14.8 Å². The van der Waals surface area contributed by atoms with Crippen molar-refractivity contribution in [1.82, 2.24) is 19.8 Å². The zero-order valence-electron chi connectivity index (χ0n) is 10.3. The molecule has 6 heteroatoms. The zero-order chi connectivity index (χ0) is 12.4. The maximum Gasteiger partial charge on any atom is 0.303 e. The fourth-order valence-electron chi connectivity index (χ4n) is 1.77. The lowest BCUT2D eigenvalue weighted by Crippen LogP contribution is -2.02. The van der Waals surface area contributed by atoms with E-state index in [1.165, 1.54) is 6.92 Å². The van der Waals surface area contributed by atoms with Crippen LogP contribution in [0.4, 0.5) is 0 Å². The predicted octanol–water partition coefficient (Wildman–Crippen LogP) is 1.25. The highest BCUT2D eigenvalue weighted by molar-refractivity contribution is 5.66. The van der Waals surface area contributed by atoms with Crippen molar-refractivity contribution < 1.29 is 9.53 Å². The summed E-state index contributed by atoms with van der Waals surface area (Å²) in [7, 11) is 0. The number of aromatic amines is 1. The van der Waals surface area contributed by atoms with Crippen molar-refractivity contribution in [3.63, 3.8) is 0 Å². The van der Waals surface area contributed by atoms with Crippen LogP contribution in [-0.4, -0.2) is 25.8 Å². The van der Waals surface area contributed by atoms with Gasteiger partial charge in [0.05, 0.1) is 0 Å². The van der Waals surface area contributed by atoms with Crippen LogP contribution in [0.25, 0.3) is 5.65 Å². The van der Waals surface area contributed by atoms with Gasteiger partial charge >= 0.3 is 5.97 Å². The molecule has 2 rings (SSSR count). The smallest absolute Gasteiger partial charge is 0.303 e. The molecule has 6 nitrogen and oxygen atoms in total. The SMILES string of the molecule is CCc1nn2nc(COC(C)=O)c(CC)c2[nH]1. The minimum atomic E-state index is -0.300. The van der Waals surface area contributed by atoms with Gasteiger partial charge < -0.3 is 9.72 Å². The van der Waals surface area contributed by atoms with Crippen LogP contribution in [0.2, 0.25) is 0 Å². The third kappa shape index (κ3) is 2.15. The second-order valence-electron chi connectivity index (χ2n) is 3.82. The topological polar surface area (TPSA) is 72.3 Å². The van der Waals surface area contributed by atoms with Crippen LogP contribution in [0.3, 0.4) is 0 Å². The van der Waals surface area contributed by atoms with Gasteiger partial charge in [0, 0.05) is 18.9 Å². The summed E-state index contributed by atoms with van der Waals surface area (Å²) in [4.78, 5) is 14.0. The van der Waals surface area contributed by atoms with Crippen molar-refractivity contribution >= 4 is 11.6 Å². The van der Waals surface area contributed by atoms with E-state index in [1.54, 1.807) is 4.63 Å². The van der Waals surface area contributed by atoms with Crippen LogP contribution in [0, 0.1) is 0 Å². The molecule has 0 aliphatic heterocycles. The maximum absolute atomic E-state index is 10.8. The molecule has 0 spiro atoms. The van der Waals surface area contributed by atoms with Crippen molar-refractivity contribution in [3.8, 4) is 0 Å². The van der Waals surface area contributed by atoms with Crippen LogP contribution in [-0.2, 0) is 29.0 Å². The lowest BCUT2D eigenvalue weighted by molar-refractivity contribution is -0.142. The molecule has 0 fully saturated rings. The number of ether oxygens (including phenoxy) is 1. The highest BCUT2D eigenvalue weighted by Gasteiger charge is 2.15. The molecule has 92 valence electrons. The summed E-state index contributed by atoms with van der Waals surface area (Å²) in [6.45, 7) is 5.67. The molecular formula is C11H16N4O2. The van der Waals surface area contributed by atoms with Gasteiger partial charge in [-0.2, -0.15) is 0 Å². The van der Waals surface area contributed by atoms with E-state index in [0.717, 1.165) is 35.6 Å². The van der Waals surface area contributed by atoms with Gasteiger partial charge in [0.1, 0.15) is 18.1 Å². The van der Waals surface area contributed by atoms with Gasteiger partial charge in [0.25, 0.3) is 0 Å². The summed E-state index contributed by atoms with van der Waals surface area (Å²) in [5, 5.41) is 8.62.